The van der Waals surface area contributed by atoms with E-state index in [1.54, 1.807) is 0 Å². The Hall–Kier alpha value is -1.17. The molecule has 0 bridgehead atoms. The standard InChI is InChI=1S/C14H21NO3S/c1-3-14(16,4-2)12-15-19(17,18)11-10-13-8-6-5-7-9-13/h5-11,15-16H,3-4,12H2,1-2H3/b11-10+. The third kappa shape index (κ3) is 5.55. The minimum atomic E-state index is -3.52. The minimum Gasteiger partial charge on any atom is -0.389 e. The highest BCUT2D eigenvalue weighted by molar-refractivity contribution is 7.92. The lowest BCUT2D eigenvalue weighted by atomic mass is 9.98. The first-order valence-electron chi connectivity index (χ1n) is 6.36. The maximum Gasteiger partial charge on any atom is 0.233 e. The van der Waals surface area contributed by atoms with Crippen molar-refractivity contribution < 1.29 is 13.5 Å². The van der Waals surface area contributed by atoms with Gasteiger partial charge in [0.15, 0.2) is 0 Å². The van der Waals surface area contributed by atoms with Gasteiger partial charge in [0.1, 0.15) is 0 Å². The highest BCUT2D eigenvalue weighted by Crippen LogP contribution is 2.13. The molecule has 0 atom stereocenters. The summed E-state index contributed by atoms with van der Waals surface area (Å²) in [5.41, 5.74) is -0.165. The molecule has 0 aliphatic carbocycles. The van der Waals surface area contributed by atoms with Gasteiger partial charge in [-0.25, -0.2) is 13.1 Å². The normalized spacial score (nSPS) is 13.0. The van der Waals surface area contributed by atoms with Crippen molar-refractivity contribution >= 4 is 16.1 Å². The average Bonchev–Trinajstić information content (AvgIpc) is 2.44. The molecule has 0 amide bonds. The van der Waals surface area contributed by atoms with Gasteiger partial charge in [-0.05, 0) is 24.5 Å². The lowest BCUT2D eigenvalue weighted by Gasteiger charge is -2.24. The van der Waals surface area contributed by atoms with Gasteiger partial charge in [-0.1, -0.05) is 44.2 Å². The molecule has 1 aromatic carbocycles. The van der Waals surface area contributed by atoms with Crippen LogP contribution < -0.4 is 4.72 Å². The van der Waals surface area contributed by atoms with Gasteiger partial charge in [0.05, 0.1) is 5.60 Å². The van der Waals surface area contributed by atoms with Gasteiger partial charge in [-0.2, -0.15) is 0 Å². The molecule has 0 aromatic heterocycles. The van der Waals surface area contributed by atoms with E-state index in [9.17, 15) is 13.5 Å². The SMILES string of the molecule is CCC(O)(CC)CNS(=O)(=O)/C=C/c1ccccc1. The molecule has 0 saturated heterocycles. The Morgan fingerprint density at radius 2 is 1.79 bits per heavy atom. The monoisotopic (exact) mass is 283 g/mol. The number of benzene rings is 1. The van der Waals surface area contributed by atoms with Gasteiger partial charge in [0.25, 0.3) is 0 Å². The number of aliphatic hydroxyl groups is 1. The molecule has 0 spiro atoms. The van der Waals surface area contributed by atoms with Gasteiger partial charge in [0.2, 0.25) is 10.0 Å². The summed E-state index contributed by atoms with van der Waals surface area (Å²) in [6.07, 6.45) is 2.54. The van der Waals surface area contributed by atoms with Crippen LogP contribution in [0.4, 0.5) is 0 Å². The van der Waals surface area contributed by atoms with Gasteiger partial charge in [-0.15, -0.1) is 0 Å². The third-order valence-corrected chi connectivity index (χ3v) is 4.20. The van der Waals surface area contributed by atoms with Crippen LogP contribution in [0.5, 0.6) is 0 Å². The van der Waals surface area contributed by atoms with Crippen LogP contribution >= 0.6 is 0 Å². The Bertz CT molecular complexity index is 505. The first kappa shape index (κ1) is 15.9. The molecule has 1 rings (SSSR count). The zero-order valence-electron chi connectivity index (χ0n) is 11.3. The molecule has 4 nitrogen and oxygen atoms in total. The molecule has 19 heavy (non-hydrogen) atoms. The largest absolute Gasteiger partial charge is 0.389 e. The average molecular weight is 283 g/mol. The van der Waals surface area contributed by atoms with Crippen molar-refractivity contribution in [2.45, 2.75) is 32.3 Å². The molecule has 0 unspecified atom stereocenters. The van der Waals surface area contributed by atoms with Crippen LogP contribution in [0.15, 0.2) is 35.7 Å². The summed E-state index contributed by atoms with van der Waals surface area (Å²) in [6.45, 7) is 3.69. The van der Waals surface area contributed by atoms with E-state index in [-0.39, 0.29) is 6.54 Å². The minimum absolute atomic E-state index is 0.0292. The smallest absolute Gasteiger partial charge is 0.233 e. The quantitative estimate of drug-likeness (QED) is 0.805. The summed E-state index contributed by atoms with van der Waals surface area (Å²) < 4.78 is 26.0. The van der Waals surface area contributed by atoms with Crippen LogP contribution in [-0.2, 0) is 10.0 Å². The second-order valence-corrected chi connectivity index (χ2v) is 6.16. The van der Waals surface area contributed by atoms with Crippen LogP contribution in [0.3, 0.4) is 0 Å². The van der Waals surface area contributed by atoms with Crippen molar-refractivity contribution in [2.24, 2.45) is 0 Å². The molecule has 0 saturated carbocycles. The Morgan fingerprint density at radius 3 is 2.32 bits per heavy atom. The van der Waals surface area contributed by atoms with E-state index in [4.69, 9.17) is 0 Å². The van der Waals surface area contributed by atoms with Gasteiger partial charge < -0.3 is 5.11 Å². The fraction of sp³-hybridized carbons (Fsp3) is 0.429. The van der Waals surface area contributed by atoms with E-state index >= 15 is 0 Å². The van der Waals surface area contributed by atoms with E-state index in [1.807, 2.05) is 44.2 Å². The second kappa shape index (κ2) is 6.84. The Morgan fingerprint density at radius 1 is 1.21 bits per heavy atom. The summed E-state index contributed by atoms with van der Waals surface area (Å²) in [6, 6.07) is 9.19. The topological polar surface area (TPSA) is 66.4 Å². The predicted molar refractivity (Wildman–Crippen MR) is 77.9 cm³/mol. The van der Waals surface area contributed by atoms with E-state index in [1.165, 1.54) is 6.08 Å². The van der Waals surface area contributed by atoms with Crippen LogP contribution in [0.1, 0.15) is 32.3 Å². The van der Waals surface area contributed by atoms with Crippen molar-refractivity contribution in [1.82, 2.24) is 4.72 Å². The highest BCUT2D eigenvalue weighted by Gasteiger charge is 2.23. The van der Waals surface area contributed by atoms with Crippen LogP contribution in [0.25, 0.3) is 6.08 Å². The zero-order chi connectivity index (χ0) is 14.4. The van der Waals surface area contributed by atoms with Crippen molar-refractivity contribution in [1.29, 1.82) is 0 Å². The maximum absolute atomic E-state index is 11.8. The molecule has 0 aliphatic heterocycles. The Labute approximate surface area is 115 Å². The molecule has 0 heterocycles. The zero-order valence-corrected chi connectivity index (χ0v) is 12.2. The van der Waals surface area contributed by atoms with Gasteiger partial charge in [0, 0.05) is 12.0 Å². The number of rotatable bonds is 7. The first-order valence-corrected chi connectivity index (χ1v) is 7.90. The van der Waals surface area contributed by atoms with Crippen molar-refractivity contribution in [3.05, 3.63) is 41.3 Å². The summed E-state index contributed by atoms with van der Waals surface area (Å²) in [7, 11) is -3.52. The molecule has 106 valence electrons. The Balaban J connectivity index is 2.65. The third-order valence-electron chi connectivity index (χ3n) is 3.16. The molecule has 1 aromatic rings. The van der Waals surface area contributed by atoms with E-state index in [0.717, 1.165) is 11.0 Å². The summed E-state index contributed by atoms with van der Waals surface area (Å²) in [5, 5.41) is 11.1. The van der Waals surface area contributed by atoms with Crippen molar-refractivity contribution in [3.63, 3.8) is 0 Å². The van der Waals surface area contributed by atoms with Crippen LogP contribution in [-0.4, -0.2) is 25.7 Å². The molecule has 0 aliphatic rings. The second-order valence-electron chi connectivity index (χ2n) is 4.51. The first-order chi connectivity index (χ1) is 8.91. The van der Waals surface area contributed by atoms with Gasteiger partial charge >= 0.3 is 0 Å². The molecule has 0 fully saturated rings. The molecule has 5 heteroatoms. The highest BCUT2D eigenvalue weighted by atomic mass is 32.2. The molecular weight excluding hydrogens is 262 g/mol. The number of hydrogen-bond acceptors (Lipinski definition) is 3. The fourth-order valence-electron chi connectivity index (χ4n) is 1.52. The predicted octanol–water partition coefficient (Wildman–Crippen LogP) is 2.13. The van der Waals surface area contributed by atoms with E-state index in [0.29, 0.717) is 12.8 Å². The molecule has 0 radical (unpaired) electrons. The van der Waals surface area contributed by atoms with E-state index in [2.05, 4.69) is 4.72 Å². The van der Waals surface area contributed by atoms with Crippen LogP contribution in [0, 0.1) is 0 Å². The summed E-state index contributed by atoms with van der Waals surface area (Å²) >= 11 is 0. The fourth-order valence-corrected chi connectivity index (χ4v) is 2.42. The lowest BCUT2D eigenvalue weighted by Crippen LogP contribution is -2.41. The molecular formula is C14H21NO3S. The van der Waals surface area contributed by atoms with Crippen LogP contribution in [0.2, 0.25) is 0 Å². The Kier molecular flexibility index (Phi) is 5.72. The number of nitrogens with one attached hydrogen (secondary N) is 1. The lowest BCUT2D eigenvalue weighted by molar-refractivity contribution is 0.0378. The van der Waals surface area contributed by atoms with Crippen molar-refractivity contribution in [3.8, 4) is 0 Å². The number of sulfonamides is 1. The number of hydrogen-bond donors (Lipinski definition) is 2. The van der Waals surface area contributed by atoms with Crippen molar-refractivity contribution in [2.75, 3.05) is 6.54 Å². The summed E-state index contributed by atoms with van der Waals surface area (Å²) in [4.78, 5) is 0. The maximum atomic E-state index is 11.8. The van der Waals surface area contributed by atoms with Gasteiger partial charge in [-0.3, -0.25) is 0 Å². The molecule has 2 N–H and O–H groups in total. The summed E-state index contributed by atoms with van der Waals surface area (Å²) in [5.74, 6) is 0. The van der Waals surface area contributed by atoms with E-state index < -0.39 is 15.6 Å².